The van der Waals surface area contributed by atoms with Crippen LogP contribution < -0.4 is 5.69 Å². The first-order chi connectivity index (χ1) is 18.7. The Morgan fingerprint density at radius 1 is 0.769 bits per heavy atom. The molecule has 2 fully saturated rings. The van der Waals surface area contributed by atoms with E-state index in [4.69, 9.17) is 11.6 Å². The van der Waals surface area contributed by atoms with Gasteiger partial charge in [0.1, 0.15) is 23.3 Å². The van der Waals surface area contributed by atoms with Gasteiger partial charge < -0.3 is 9.88 Å². The Hall–Kier alpha value is -3.10. The van der Waals surface area contributed by atoms with Crippen LogP contribution in [0.2, 0.25) is 5.02 Å². The number of rotatable bonds is 4. The number of H-pyrrole nitrogens is 1. The molecule has 4 nitrogen and oxygen atoms in total. The molecule has 1 aliphatic carbocycles. The number of piperidine rings is 1. The van der Waals surface area contributed by atoms with Crippen molar-refractivity contribution in [2.24, 2.45) is 0 Å². The summed E-state index contributed by atoms with van der Waals surface area (Å²) in [6.45, 7) is 1.59. The molecule has 1 saturated carbocycles. The summed E-state index contributed by atoms with van der Waals surface area (Å²) in [6.07, 6.45) is 3.87. The van der Waals surface area contributed by atoms with Gasteiger partial charge in [-0.05, 0) is 80.0 Å². The molecule has 0 amide bonds. The molecule has 0 bridgehead atoms. The van der Waals surface area contributed by atoms with Crippen molar-refractivity contribution in [1.82, 2.24) is 14.5 Å². The lowest BCUT2D eigenvalue weighted by atomic mass is 9.63. The van der Waals surface area contributed by atoms with E-state index in [1.165, 1.54) is 24.3 Å². The maximum Gasteiger partial charge on any atom is 0.326 e. The highest BCUT2D eigenvalue weighted by molar-refractivity contribution is 6.31. The number of hydrogen-bond acceptors (Lipinski definition) is 2. The van der Waals surface area contributed by atoms with E-state index in [-0.39, 0.29) is 28.9 Å². The number of likely N-dealkylation sites (tertiary alicyclic amines) is 1. The zero-order valence-corrected chi connectivity index (χ0v) is 22.0. The normalized spacial score (nSPS) is 19.1. The monoisotopic (exact) mass is 557 g/mol. The summed E-state index contributed by atoms with van der Waals surface area (Å²) in [4.78, 5) is 18.0. The predicted molar refractivity (Wildman–Crippen MR) is 143 cm³/mol. The largest absolute Gasteiger partial charge is 0.326 e. The molecular formula is C30H28ClF4N3O. The van der Waals surface area contributed by atoms with E-state index in [0.29, 0.717) is 30.7 Å². The van der Waals surface area contributed by atoms with Gasteiger partial charge in [-0.15, -0.1) is 0 Å². The number of benzene rings is 3. The number of aromatic amines is 1. The molecule has 0 unspecified atom stereocenters. The van der Waals surface area contributed by atoms with Crippen molar-refractivity contribution in [3.63, 3.8) is 0 Å². The van der Waals surface area contributed by atoms with Crippen molar-refractivity contribution in [1.29, 1.82) is 0 Å². The molecule has 1 aliphatic heterocycles. The molecule has 2 aliphatic rings. The van der Waals surface area contributed by atoms with Crippen LogP contribution in [0.1, 0.15) is 55.7 Å². The second kappa shape index (κ2) is 10.1. The summed E-state index contributed by atoms with van der Waals surface area (Å²) in [7, 11) is 0. The highest BCUT2D eigenvalue weighted by Crippen LogP contribution is 2.48. The van der Waals surface area contributed by atoms with E-state index in [1.807, 2.05) is 10.6 Å². The number of fused-ring (bicyclic) bond motifs is 1. The lowest BCUT2D eigenvalue weighted by molar-refractivity contribution is 0.0936. The van der Waals surface area contributed by atoms with E-state index in [1.54, 1.807) is 12.1 Å². The first-order valence-electron chi connectivity index (χ1n) is 13.3. The van der Waals surface area contributed by atoms with Crippen molar-refractivity contribution < 1.29 is 17.6 Å². The van der Waals surface area contributed by atoms with Crippen LogP contribution in [0.3, 0.4) is 0 Å². The van der Waals surface area contributed by atoms with Crippen molar-refractivity contribution >= 4 is 22.6 Å². The molecule has 0 atom stereocenters. The number of hydrogen-bond donors (Lipinski definition) is 1. The van der Waals surface area contributed by atoms with Crippen LogP contribution in [0.25, 0.3) is 11.0 Å². The second-order valence-electron chi connectivity index (χ2n) is 10.8. The molecule has 1 aromatic heterocycles. The third-order valence-electron chi connectivity index (χ3n) is 8.76. The van der Waals surface area contributed by atoms with Crippen LogP contribution in [-0.4, -0.2) is 33.6 Å². The molecule has 6 rings (SSSR count). The minimum Gasteiger partial charge on any atom is -0.305 e. The fourth-order valence-electron chi connectivity index (χ4n) is 6.87. The van der Waals surface area contributed by atoms with Gasteiger partial charge in [0.2, 0.25) is 0 Å². The summed E-state index contributed by atoms with van der Waals surface area (Å²) in [5.74, 6) is -2.83. The van der Waals surface area contributed by atoms with Crippen molar-refractivity contribution in [2.75, 3.05) is 13.1 Å². The van der Waals surface area contributed by atoms with Gasteiger partial charge in [-0.1, -0.05) is 23.7 Å². The topological polar surface area (TPSA) is 41.0 Å². The van der Waals surface area contributed by atoms with Crippen molar-refractivity contribution in [3.8, 4) is 0 Å². The van der Waals surface area contributed by atoms with E-state index >= 15 is 8.78 Å². The van der Waals surface area contributed by atoms with Gasteiger partial charge in [0.05, 0.1) is 11.0 Å². The summed E-state index contributed by atoms with van der Waals surface area (Å²) < 4.78 is 59.5. The Morgan fingerprint density at radius 2 is 1.36 bits per heavy atom. The Balaban J connectivity index is 1.21. The number of nitrogens with one attached hydrogen (secondary N) is 1. The van der Waals surface area contributed by atoms with Crippen LogP contribution in [0.15, 0.2) is 59.4 Å². The van der Waals surface area contributed by atoms with Crippen LogP contribution >= 0.6 is 11.6 Å². The van der Waals surface area contributed by atoms with Crippen LogP contribution in [0, 0.1) is 23.3 Å². The van der Waals surface area contributed by atoms with Gasteiger partial charge in [-0.3, -0.25) is 4.57 Å². The fourth-order valence-corrected chi connectivity index (χ4v) is 7.05. The minimum absolute atomic E-state index is 0.0629. The third kappa shape index (κ3) is 4.67. The average molecular weight is 558 g/mol. The maximum atomic E-state index is 15.1. The van der Waals surface area contributed by atoms with Gasteiger partial charge >= 0.3 is 5.69 Å². The van der Waals surface area contributed by atoms with Crippen LogP contribution in [0.5, 0.6) is 0 Å². The molecule has 204 valence electrons. The number of aromatic nitrogens is 2. The lowest BCUT2D eigenvalue weighted by Crippen LogP contribution is -2.47. The molecule has 3 aromatic carbocycles. The maximum absolute atomic E-state index is 15.1. The summed E-state index contributed by atoms with van der Waals surface area (Å²) >= 11 is 6.09. The molecular weight excluding hydrogens is 530 g/mol. The van der Waals surface area contributed by atoms with Crippen molar-refractivity contribution in [2.45, 2.75) is 56.0 Å². The zero-order valence-electron chi connectivity index (χ0n) is 21.2. The number of imidazole rings is 1. The second-order valence-corrected chi connectivity index (χ2v) is 11.2. The van der Waals surface area contributed by atoms with Gasteiger partial charge in [-0.25, -0.2) is 22.4 Å². The molecule has 0 spiro atoms. The van der Waals surface area contributed by atoms with Crippen LogP contribution in [0.4, 0.5) is 17.6 Å². The van der Waals surface area contributed by atoms with Gasteiger partial charge in [0.25, 0.3) is 0 Å². The Morgan fingerprint density at radius 3 is 1.92 bits per heavy atom. The number of nitrogens with zero attached hydrogens (tertiary/aromatic N) is 2. The highest BCUT2D eigenvalue weighted by Gasteiger charge is 2.43. The minimum atomic E-state index is -1.01. The third-order valence-corrected chi connectivity index (χ3v) is 9.00. The smallest absolute Gasteiger partial charge is 0.305 e. The van der Waals surface area contributed by atoms with Crippen LogP contribution in [-0.2, 0) is 5.41 Å². The molecule has 1 N–H and O–H groups in total. The molecule has 39 heavy (non-hydrogen) atoms. The van der Waals surface area contributed by atoms with Gasteiger partial charge in [0.15, 0.2) is 0 Å². The van der Waals surface area contributed by atoms with E-state index in [0.717, 1.165) is 49.1 Å². The lowest BCUT2D eigenvalue weighted by Gasteiger charge is -2.46. The van der Waals surface area contributed by atoms with Crippen molar-refractivity contribution in [3.05, 3.63) is 105 Å². The highest BCUT2D eigenvalue weighted by atomic mass is 35.5. The molecule has 1 saturated heterocycles. The summed E-state index contributed by atoms with van der Waals surface area (Å²) in [6, 6.07) is 12.5. The van der Waals surface area contributed by atoms with Gasteiger partial charge in [0, 0.05) is 47.7 Å². The van der Waals surface area contributed by atoms with E-state index in [2.05, 4.69) is 9.88 Å². The molecule has 9 heteroatoms. The first kappa shape index (κ1) is 26.1. The molecule has 0 radical (unpaired) electrons. The predicted octanol–water partition coefficient (Wildman–Crippen LogP) is 7.11. The Bertz CT molecular complexity index is 1530. The SMILES string of the molecule is O=c1[nH]c2cc(Cl)ccc2n1C1CCN(C2CCC(c3ccc(F)cc3F)(c3ccc(F)cc3F)CC2)CC1. The molecule has 4 aromatic rings. The average Bonchev–Trinajstić information content (AvgIpc) is 3.23. The van der Waals surface area contributed by atoms with Gasteiger partial charge in [-0.2, -0.15) is 0 Å². The van der Waals surface area contributed by atoms with E-state index in [9.17, 15) is 13.6 Å². The quantitative estimate of drug-likeness (QED) is 0.272. The fraction of sp³-hybridized carbons (Fsp3) is 0.367. The standard InChI is InChI=1S/C30H28ClF4N3O/c31-18-1-6-28-27(15-18)36-29(39)38(28)22-9-13-37(14-10-22)21-7-11-30(12-8-21,23-4-2-19(32)16-25(23)34)24-5-3-20(33)17-26(24)35/h1-6,15-17,21-22H,7-14H2,(H,36,39). The molecule has 2 heterocycles. The summed E-state index contributed by atoms with van der Waals surface area (Å²) in [5.41, 5.74) is 0.891. The first-order valence-corrected chi connectivity index (χ1v) is 13.7. The van der Waals surface area contributed by atoms with E-state index < -0.39 is 28.7 Å². The Kier molecular flexibility index (Phi) is 6.79. The zero-order chi connectivity index (χ0) is 27.3. The number of halogens is 5. The Labute approximate surface area is 228 Å². The summed E-state index contributed by atoms with van der Waals surface area (Å²) in [5, 5.41) is 0.570.